The number of carbonyl (C=O) groups is 2. The molecule has 1 fully saturated rings. The molecule has 1 amide bonds. The molecule has 1 aromatic carbocycles. The third-order valence-corrected chi connectivity index (χ3v) is 4.90. The minimum atomic E-state index is -0.329. The Labute approximate surface area is 157 Å². The van der Waals surface area contributed by atoms with Crippen LogP contribution in [0.25, 0.3) is 0 Å². The third kappa shape index (κ3) is 4.81. The number of aromatic nitrogens is 2. The molecule has 0 radical (unpaired) electrons. The summed E-state index contributed by atoms with van der Waals surface area (Å²) in [5.74, 6) is 0.0858. The number of carbonyl (C=O) groups excluding carboxylic acids is 2. The van der Waals surface area contributed by atoms with Crippen LogP contribution in [0.2, 0.25) is 0 Å². The SMILES string of the molecule is COC(=O)c1ccccc1CC1CCN(C(=O)CCc2ccc(=O)[nH]n2)C1. The molecule has 0 spiro atoms. The fourth-order valence-electron chi connectivity index (χ4n) is 3.45. The van der Waals surface area contributed by atoms with Crippen molar-refractivity contribution in [2.24, 2.45) is 5.92 Å². The van der Waals surface area contributed by atoms with Gasteiger partial charge in [-0.3, -0.25) is 9.59 Å². The Morgan fingerprint density at radius 1 is 1.26 bits per heavy atom. The summed E-state index contributed by atoms with van der Waals surface area (Å²) >= 11 is 0. The summed E-state index contributed by atoms with van der Waals surface area (Å²) in [6, 6.07) is 10.5. The number of esters is 1. The van der Waals surface area contributed by atoms with Crippen molar-refractivity contribution < 1.29 is 14.3 Å². The van der Waals surface area contributed by atoms with Gasteiger partial charge in [-0.15, -0.1) is 0 Å². The van der Waals surface area contributed by atoms with Crippen LogP contribution in [0.3, 0.4) is 0 Å². The molecular formula is C20H23N3O4. The predicted octanol–water partition coefficient (Wildman–Crippen LogP) is 1.58. The molecular weight excluding hydrogens is 346 g/mol. The van der Waals surface area contributed by atoms with Gasteiger partial charge in [0.25, 0.3) is 5.56 Å². The van der Waals surface area contributed by atoms with Crippen LogP contribution in [0.5, 0.6) is 0 Å². The van der Waals surface area contributed by atoms with Crippen LogP contribution < -0.4 is 5.56 Å². The van der Waals surface area contributed by atoms with Crippen molar-refractivity contribution in [1.82, 2.24) is 15.1 Å². The standard InChI is InChI=1S/C20H23N3O4/c1-27-20(26)17-5-3-2-4-15(17)12-14-10-11-23(13-14)19(25)9-7-16-6-8-18(24)22-21-16/h2-6,8,14H,7,9-13H2,1H3,(H,22,24). The largest absolute Gasteiger partial charge is 0.465 e. The number of hydrogen-bond acceptors (Lipinski definition) is 5. The molecule has 1 N–H and O–H groups in total. The molecule has 142 valence electrons. The molecule has 1 aliphatic heterocycles. The molecule has 0 saturated carbocycles. The number of H-pyrrole nitrogens is 1. The van der Waals surface area contributed by atoms with E-state index in [1.807, 2.05) is 23.1 Å². The van der Waals surface area contributed by atoms with Gasteiger partial charge in [-0.25, -0.2) is 9.89 Å². The van der Waals surface area contributed by atoms with Crippen LogP contribution in [0.1, 0.15) is 34.5 Å². The molecule has 7 nitrogen and oxygen atoms in total. The summed E-state index contributed by atoms with van der Waals surface area (Å²) in [4.78, 5) is 37.3. The first-order chi connectivity index (χ1) is 13.1. The second kappa shape index (κ2) is 8.62. The monoisotopic (exact) mass is 369 g/mol. The van der Waals surface area contributed by atoms with Gasteiger partial charge in [0.1, 0.15) is 0 Å². The summed E-state index contributed by atoms with van der Waals surface area (Å²) < 4.78 is 4.85. The van der Waals surface area contributed by atoms with E-state index in [9.17, 15) is 14.4 Å². The number of aromatic amines is 1. The van der Waals surface area contributed by atoms with E-state index in [1.165, 1.54) is 13.2 Å². The van der Waals surface area contributed by atoms with Crippen molar-refractivity contribution in [2.75, 3.05) is 20.2 Å². The van der Waals surface area contributed by atoms with Crippen molar-refractivity contribution in [3.05, 3.63) is 63.6 Å². The lowest BCUT2D eigenvalue weighted by atomic mass is 9.95. The number of aryl methyl sites for hydroxylation is 1. The molecule has 1 saturated heterocycles. The lowest BCUT2D eigenvalue weighted by Crippen LogP contribution is -2.29. The molecule has 2 aromatic rings. The maximum atomic E-state index is 12.5. The average molecular weight is 369 g/mol. The highest BCUT2D eigenvalue weighted by Crippen LogP contribution is 2.23. The summed E-state index contributed by atoms with van der Waals surface area (Å²) in [5, 5.41) is 6.31. The van der Waals surface area contributed by atoms with Crippen LogP contribution in [-0.2, 0) is 22.4 Å². The molecule has 2 heterocycles. The smallest absolute Gasteiger partial charge is 0.338 e. The number of rotatable bonds is 6. The molecule has 0 bridgehead atoms. The van der Waals surface area contributed by atoms with Crippen molar-refractivity contribution in [3.63, 3.8) is 0 Å². The number of methoxy groups -OCH3 is 1. The van der Waals surface area contributed by atoms with Gasteiger partial charge < -0.3 is 9.64 Å². The first kappa shape index (κ1) is 18.8. The number of likely N-dealkylation sites (tertiary alicyclic amines) is 1. The predicted molar refractivity (Wildman–Crippen MR) is 99.4 cm³/mol. The second-order valence-corrected chi connectivity index (χ2v) is 6.76. The van der Waals surface area contributed by atoms with E-state index in [1.54, 1.807) is 12.1 Å². The zero-order valence-electron chi connectivity index (χ0n) is 15.3. The van der Waals surface area contributed by atoms with E-state index >= 15 is 0 Å². The summed E-state index contributed by atoms with van der Waals surface area (Å²) in [6.07, 6.45) is 2.53. The highest BCUT2D eigenvalue weighted by Gasteiger charge is 2.27. The van der Waals surface area contributed by atoms with Crippen molar-refractivity contribution >= 4 is 11.9 Å². The third-order valence-electron chi connectivity index (χ3n) is 4.90. The Bertz CT molecular complexity index is 857. The van der Waals surface area contributed by atoms with Gasteiger partial charge in [-0.2, -0.15) is 5.10 Å². The van der Waals surface area contributed by atoms with E-state index < -0.39 is 0 Å². The van der Waals surface area contributed by atoms with E-state index in [0.29, 0.717) is 36.6 Å². The lowest BCUT2D eigenvalue weighted by molar-refractivity contribution is -0.130. The Hall–Kier alpha value is -2.96. The topological polar surface area (TPSA) is 92.4 Å². The molecule has 1 unspecified atom stereocenters. The molecule has 1 aromatic heterocycles. The minimum Gasteiger partial charge on any atom is -0.465 e. The summed E-state index contributed by atoms with van der Waals surface area (Å²) in [5.41, 5.74) is 2.00. The molecule has 1 aliphatic rings. The molecule has 0 aliphatic carbocycles. The molecule has 27 heavy (non-hydrogen) atoms. The molecule has 1 atom stereocenters. The van der Waals surface area contributed by atoms with Crippen LogP contribution in [0.4, 0.5) is 0 Å². The Morgan fingerprint density at radius 2 is 2.07 bits per heavy atom. The quantitative estimate of drug-likeness (QED) is 0.781. The van der Waals surface area contributed by atoms with Crippen LogP contribution in [-0.4, -0.2) is 47.2 Å². The lowest BCUT2D eigenvalue weighted by Gasteiger charge is -2.17. The van der Waals surface area contributed by atoms with Crippen LogP contribution >= 0.6 is 0 Å². The van der Waals surface area contributed by atoms with E-state index in [2.05, 4.69) is 10.2 Å². The number of nitrogens with one attached hydrogen (secondary N) is 1. The number of ether oxygens (including phenoxy) is 1. The zero-order chi connectivity index (χ0) is 19.2. The number of hydrogen-bond donors (Lipinski definition) is 1. The number of nitrogens with zero attached hydrogens (tertiary/aromatic N) is 2. The fraction of sp³-hybridized carbons (Fsp3) is 0.400. The first-order valence-electron chi connectivity index (χ1n) is 9.05. The summed E-state index contributed by atoms with van der Waals surface area (Å²) in [7, 11) is 1.38. The Balaban J connectivity index is 1.54. The highest BCUT2D eigenvalue weighted by molar-refractivity contribution is 5.91. The maximum Gasteiger partial charge on any atom is 0.338 e. The second-order valence-electron chi connectivity index (χ2n) is 6.76. The van der Waals surface area contributed by atoms with E-state index in [4.69, 9.17) is 4.74 Å². The normalized spacial score (nSPS) is 16.3. The van der Waals surface area contributed by atoms with Crippen molar-refractivity contribution in [3.8, 4) is 0 Å². The van der Waals surface area contributed by atoms with Gasteiger partial charge in [-0.1, -0.05) is 18.2 Å². The van der Waals surface area contributed by atoms with Crippen molar-refractivity contribution in [1.29, 1.82) is 0 Å². The van der Waals surface area contributed by atoms with Crippen LogP contribution in [0, 0.1) is 5.92 Å². The van der Waals surface area contributed by atoms with Gasteiger partial charge in [0, 0.05) is 32.0 Å². The zero-order valence-corrected chi connectivity index (χ0v) is 15.3. The van der Waals surface area contributed by atoms with Gasteiger partial charge in [0.15, 0.2) is 0 Å². The number of amides is 1. The van der Waals surface area contributed by atoms with Crippen molar-refractivity contribution in [2.45, 2.75) is 25.7 Å². The fourth-order valence-corrected chi connectivity index (χ4v) is 3.45. The van der Waals surface area contributed by atoms with Gasteiger partial charge >= 0.3 is 5.97 Å². The Morgan fingerprint density at radius 3 is 2.81 bits per heavy atom. The average Bonchev–Trinajstić information content (AvgIpc) is 3.16. The maximum absolute atomic E-state index is 12.5. The molecule has 3 rings (SSSR count). The summed E-state index contributed by atoms with van der Waals surface area (Å²) in [6.45, 7) is 1.41. The van der Waals surface area contributed by atoms with Gasteiger partial charge in [-0.05, 0) is 36.5 Å². The van der Waals surface area contributed by atoms with Gasteiger partial charge in [0.05, 0.1) is 18.4 Å². The first-order valence-corrected chi connectivity index (χ1v) is 9.05. The molecule has 7 heteroatoms. The van der Waals surface area contributed by atoms with E-state index in [0.717, 1.165) is 24.9 Å². The number of benzene rings is 1. The van der Waals surface area contributed by atoms with Gasteiger partial charge in [0.2, 0.25) is 5.91 Å². The minimum absolute atomic E-state index is 0.0896. The highest BCUT2D eigenvalue weighted by atomic mass is 16.5. The Kier molecular flexibility index (Phi) is 6.01. The van der Waals surface area contributed by atoms with E-state index in [-0.39, 0.29) is 17.4 Å². The van der Waals surface area contributed by atoms with Crippen LogP contribution in [0.15, 0.2) is 41.2 Å².